The highest BCUT2D eigenvalue weighted by Gasteiger charge is 2.20. The first-order valence-corrected chi connectivity index (χ1v) is 5.70. The van der Waals surface area contributed by atoms with E-state index in [9.17, 15) is 13.2 Å². The first-order chi connectivity index (χ1) is 6.94. The highest BCUT2D eigenvalue weighted by molar-refractivity contribution is 7.89. The minimum absolute atomic E-state index is 0.140. The zero-order valence-electron chi connectivity index (χ0n) is 8.47. The van der Waals surface area contributed by atoms with Gasteiger partial charge in [0, 0.05) is 14.0 Å². The van der Waals surface area contributed by atoms with Gasteiger partial charge in [0.05, 0.1) is 4.90 Å². The smallest absolute Gasteiger partial charge is 0.259 e. The zero-order valence-corrected chi connectivity index (χ0v) is 9.28. The Bertz CT molecular complexity index is 442. The summed E-state index contributed by atoms with van der Waals surface area (Å²) in [5, 5.41) is 0. The lowest BCUT2D eigenvalue weighted by atomic mass is 10.4. The molecule has 0 bridgehead atoms. The fraction of sp³-hybridized carbons (Fsp3) is 0.222. The average Bonchev–Trinajstić information content (AvgIpc) is 2.18. The lowest BCUT2D eigenvalue weighted by Crippen LogP contribution is -2.42. The SMILES string of the molecule is CC(=O)NN(C)S(=O)(=O)c1ccccc1. The molecule has 5 nitrogen and oxygen atoms in total. The highest BCUT2D eigenvalue weighted by atomic mass is 32.2. The summed E-state index contributed by atoms with van der Waals surface area (Å²) < 4.78 is 24.4. The lowest BCUT2D eigenvalue weighted by molar-refractivity contribution is -0.121. The number of hydrogen-bond acceptors (Lipinski definition) is 3. The van der Waals surface area contributed by atoms with E-state index in [4.69, 9.17) is 0 Å². The molecule has 0 spiro atoms. The molecule has 0 fully saturated rings. The van der Waals surface area contributed by atoms with Crippen LogP contribution in [0.2, 0.25) is 0 Å². The number of amides is 1. The number of hydrogen-bond donors (Lipinski definition) is 1. The van der Waals surface area contributed by atoms with Gasteiger partial charge in [0.15, 0.2) is 0 Å². The molecule has 0 heterocycles. The summed E-state index contributed by atoms with van der Waals surface area (Å²) in [7, 11) is -2.35. The Morgan fingerprint density at radius 2 is 1.80 bits per heavy atom. The standard InChI is InChI=1S/C9H12N2O3S/c1-8(12)10-11(2)15(13,14)9-6-4-3-5-7-9/h3-7H,1-2H3,(H,10,12). The summed E-state index contributed by atoms with van der Waals surface area (Å²) in [6, 6.07) is 7.89. The van der Waals surface area contributed by atoms with Crippen molar-refractivity contribution in [2.75, 3.05) is 7.05 Å². The fourth-order valence-corrected chi connectivity index (χ4v) is 2.10. The van der Waals surface area contributed by atoms with Gasteiger partial charge >= 0.3 is 0 Å². The number of nitrogens with zero attached hydrogens (tertiary/aromatic N) is 1. The molecule has 0 atom stereocenters. The topological polar surface area (TPSA) is 66.5 Å². The van der Waals surface area contributed by atoms with Crippen LogP contribution in [0.15, 0.2) is 35.2 Å². The van der Waals surface area contributed by atoms with E-state index in [-0.39, 0.29) is 4.90 Å². The number of sulfonamides is 1. The second-order valence-corrected chi connectivity index (χ2v) is 4.92. The zero-order chi connectivity index (χ0) is 11.5. The van der Waals surface area contributed by atoms with Crippen LogP contribution in [0.1, 0.15) is 6.92 Å². The Kier molecular flexibility index (Phi) is 3.43. The van der Waals surface area contributed by atoms with E-state index in [1.54, 1.807) is 18.2 Å². The van der Waals surface area contributed by atoms with E-state index in [1.807, 2.05) is 0 Å². The number of rotatable bonds is 3. The molecule has 0 unspecified atom stereocenters. The van der Waals surface area contributed by atoms with Gasteiger partial charge in [-0.1, -0.05) is 18.2 Å². The normalized spacial score (nSPS) is 11.4. The van der Waals surface area contributed by atoms with Gasteiger partial charge in [-0.25, -0.2) is 8.42 Å². The highest BCUT2D eigenvalue weighted by Crippen LogP contribution is 2.11. The summed E-state index contributed by atoms with van der Waals surface area (Å²) in [5.41, 5.74) is 2.19. The second kappa shape index (κ2) is 4.41. The molecule has 0 saturated heterocycles. The van der Waals surface area contributed by atoms with Gasteiger partial charge in [0.1, 0.15) is 0 Å². The van der Waals surface area contributed by atoms with Gasteiger partial charge < -0.3 is 0 Å². The van der Waals surface area contributed by atoms with Gasteiger partial charge in [0.25, 0.3) is 10.0 Å². The molecule has 1 N–H and O–H groups in total. The van der Waals surface area contributed by atoms with Crippen molar-refractivity contribution in [3.8, 4) is 0 Å². The van der Waals surface area contributed by atoms with Crippen LogP contribution in [-0.4, -0.2) is 25.8 Å². The van der Waals surface area contributed by atoms with Crippen molar-refractivity contribution in [2.24, 2.45) is 0 Å². The molecule has 0 aliphatic rings. The van der Waals surface area contributed by atoms with Gasteiger partial charge in [-0.05, 0) is 12.1 Å². The van der Waals surface area contributed by atoms with Crippen molar-refractivity contribution in [1.82, 2.24) is 9.84 Å². The van der Waals surface area contributed by atoms with Crippen molar-refractivity contribution >= 4 is 15.9 Å². The summed E-state index contributed by atoms with van der Waals surface area (Å²) in [6.07, 6.45) is 0. The Labute approximate surface area is 88.7 Å². The van der Waals surface area contributed by atoms with Crippen molar-refractivity contribution in [3.05, 3.63) is 30.3 Å². The number of benzene rings is 1. The van der Waals surface area contributed by atoms with Crippen LogP contribution in [0.5, 0.6) is 0 Å². The lowest BCUT2D eigenvalue weighted by Gasteiger charge is -2.16. The Hall–Kier alpha value is -1.40. The Morgan fingerprint density at radius 1 is 1.27 bits per heavy atom. The first-order valence-electron chi connectivity index (χ1n) is 4.26. The van der Waals surface area contributed by atoms with Crippen molar-refractivity contribution < 1.29 is 13.2 Å². The van der Waals surface area contributed by atoms with E-state index in [0.29, 0.717) is 0 Å². The third-order valence-electron chi connectivity index (χ3n) is 1.72. The molecular formula is C9H12N2O3S. The molecule has 0 radical (unpaired) electrons. The second-order valence-electron chi connectivity index (χ2n) is 2.95. The molecular weight excluding hydrogens is 216 g/mol. The van der Waals surface area contributed by atoms with Crippen LogP contribution in [0.25, 0.3) is 0 Å². The predicted octanol–water partition coefficient (Wildman–Crippen LogP) is 0.358. The monoisotopic (exact) mass is 228 g/mol. The van der Waals surface area contributed by atoms with Gasteiger partial charge in [-0.15, -0.1) is 4.41 Å². The van der Waals surface area contributed by atoms with Crippen molar-refractivity contribution in [2.45, 2.75) is 11.8 Å². The van der Waals surface area contributed by atoms with Crippen molar-refractivity contribution in [3.63, 3.8) is 0 Å². The fourth-order valence-electron chi connectivity index (χ4n) is 1.03. The molecule has 1 rings (SSSR count). The number of carbonyl (C=O) groups is 1. The molecule has 0 saturated carbocycles. The predicted molar refractivity (Wildman–Crippen MR) is 55.2 cm³/mol. The van der Waals surface area contributed by atoms with Gasteiger partial charge in [0.2, 0.25) is 5.91 Å². The summed E-state index contributed by atoms with van der Waals surface area (Å²) in [6.45, 7) is 1.25. The van der Waals surface area contributed by atoms with Crippen LogP contribution in [-0.2, 0) is 14.8 Å². The van der Waals surface area contributed by atoms with Crippen molar-refractivity contribution in [1.29, 1.82) is 0 Å². The quantitative estimate of drug-likeness (QED) is 0.759. The maximum atomic E-state index is 11.8. The van der Waals surface area contributed by atoms with E-state index < -0.39 is 15.9 Å². The Balaban J connectivity index is 2.99. The van der Waals surface area contributed by atoms with E-state index in [2.05, 4.69) is 5.43 Å². The summed E-state index contributed by atoms with van der Waals surface area (Å²) >= 11 is 0. The van der Waals surface area contributed by atoms with Crippen LogP contribution in [0.3, 0.4) is 0 Å². The van der Waals surface area contributed by atoms with Crippen LogP contribution in [0.4, 0.5) is 0 Å². The van der Waals surface area contributed by atoms with Gasteiger partial charge in [-0.3, -0.25) is 10.2 Å². The third kappa shape index (κ3) is 2.77. The summed E-state index contributed by atoms with van der Waals surface area (Å²) in [4.78, 5) is 10.9. The van der Waals surface area contributed by atoms with Crippen LogP contribution in [0, 0.1) is 0 Å². The number of hydrazine groups is 1. The maximum Gasteiger partial charge on any atom is 0.259 e. The molecule has 1 aromatic carbocycles. The number of carbonyl (C=O) groups excluding carboxylic acids is 1. The molecule has 6 heteroatoms. The largest absolute Gasteiger partial charge is 0.276 e. The molecule has 1 aromatic rings. The first kappa shape index (κ1) is 11.7. The minimum atomic E-state index is -3.63. The van der Waals surface area contributed by atoms with E-state index >= 15 is 0 Å². The Morgan fingerprint density at radius 3 is 2.27 bits per heavy atom. The minimum Gasteiger partial charge on any atom is -0.276 e. The molecule has 82 valence electrons. The molecule has 15 heavy (non-hydrogen) atoms. The van der Waals surface area contributed by atoms with E-state index in [1.165, 1.54) is 26.1 Å². The number of nitrogens with one attached hydrogen (secondary N) is 1. The molecule has 1 amide bonds. The van der Waals surface area contributed by atoms with Crippen LogP contribution < -0.4 is 5.43 Å². The average molecular weight is 228 g/mol. The van der Waals surface area contributed by atoms with Gasteiger partial charge in [-0.2, -0.15) is 0 Å². The third-order valence-corrected chi connectivity index (χ3v) is 3.40. The van der Waals surface area contributed by atoms with Crippen LogP contribution >= 0.6 is 0 Å². The molecule has 0 aliphatic carbocycles. The molecule has 0 aromatic heterocycles. The van der Waals surface area contributed by atoms with E-state index in [0.717, 1.165) is 4.41 Å². The summed E-state index contributed by atoms with van der Waals surface area (Å²) in [5.74, 6) is -0.433. The molecule has 0 aliphatic heterocycles. The maximum absolute atomic E-state index is 11.8.